The van der Waals surface area contributed by atoms with Crippen molar-refractivity contribution in [1.29, 1.82) is 0 Å². The molecule has 6 heteroatoms. The average Bonchev–Trinajstić information content (AvgIpc) is 2.45. The number of aryl methyl sites for hydroxylation is 1. The highest BCUT2D eigenvalue weighted by atomic mass is 16.4. The number of hydrogen-bond donors (Lipinski definition) is 2. The van der Waals surface area contributed by atoms with Gasteiger partial charge in [0.2, 0.25) is 0 Å². The lowest BCUT2D eigenvalue weighted by molar-refractivity contribution is -0.139. The molecule has 2 atom stereocenters. The number of nitrogens with zero attached hydrogens (tertiary/aromatic N) is 2. The number of aromatic nitrogens is 1. The van der Waals surface area contributed by atoms with Crippen LogP contribution in [0.5, 0.6) is 0 Å². The van der Waals surface area contributed by atoms with Crippen LogP contribution in [-0.4, -0.2) is 34.6 Å². The summed E-state index contributed by atoms with van der Waals surface area (Å²) in [6.07, 6.45) is 4.01. The van der Waals surface area contributed by atoms with Crippen LogP contribution in [0.3, 0.4) is 0 Å². The Bertz CT molecular complexity index is 559. The number of hydrogen-bond acceptors (Lipinski definition) is 4. The predicted molar refractivity (Wildman–Crippen MR) is 79.3 cm³/mol. The molecule has 0 bridgehead atoms. The van der Waals surface area contributed by atoms with Crippen molar-refractivity contribution in [3.63, 3.8) is 0 Å². The number of carboxylic acids is 1. The van der Waals surface area contributed by atoms with Gasteiger partial charge in [-0.15, -0.1) is 0 Å². The Kier molecular flexibility index (Phi) is 4.45. The van der Waals surface area contributed by atoms with Gasteiger partial charge in [-0.3, -0.25) is 4.79 Å². The van der Waals surface area contributed by atoms with E-state index in [-0.39, 0.29) is 0 Å². The van der Waals surface area contributed by atoms with Crippen LogP contribution in [0.4, 0.5) is 5.82 Å². The number of anilines is 1. The first-order valence-electron chi connectivity index (χ1n) is 7.20. The van der Waals surface area contributed by atoms with E-state index in [0.29, 0.717) is 35.8 Å². The molecule has 3 N–H and O–H groups in total. The largest absolute Gasteiger partial charge is 0.480 e. The Morgan fingerprint density at radius 2 is 2.24 bits per heavy atom. The molecule has 0 spiro atoms. The van der Waals surface area contributed by atoms with Crippen LogP contribution in [0.25, 0.3) is 0 Å². The van der Waals surface area contributed by atoms with Gasteiger partial charge in [-0.2, -0.15) is 0 Å². The normalized spacial score (nSPS) is 22.1. The van der Waals surface area contributed by atoms with Crippen LogP contribution in [0.15, 0.2) is 12.3 Å². The second-order valence-corrected chi connectivity index (χ2v) is 5.54. The second-order valence-electron chi connectivity index (χ2n) is 5.54. The number of carbonyl (C=O) groups excluding carboxylic acids is 1. The van der Waals surface area contributed by atoms with Crippen molar-refractivity contribution >= 4 is 17.7 Å². The van der Waals surface area contributed by atoms with E-state index in [1.54, 1.807) is 24.1 Å². The van der Waals surface area contributed by atoms with Crippen LogP contribution in [0.1, 0.15) is 42.1 Å². The highest BCUT2D eigenvalue weighted by Gasteiger charge is 2.35. The van der Waals surface area contributed by atoms with Crippen molar-refractivity contribution in [1.82, 2.24) is 4.98 Å². The maximum absolute atomic E-state index is 11.7. The van der Waals surface area contributed by atoms with Gasteiger partial charge in [0.25, 0.3) is 5.91 Å². The highest BCUT2D eigenvalue weighted by Crippen LogP contribution is 2.31. The zero-order valence-corrected chi connectivity index (χ0v) is 12.4. The van der Waals surface area contributed by atoms with E-state index in [9.17, 15) is 14.7 Å². The zero-order valence-electron chi connectivity index (χ0n) is 12.4. The van der Waals surface area contributed by atoms with E-state index >= 15 is 0 Å². The van der Waals surface area contributed by atoms with Gasteiger partial charge in [0, 0.05) is 12.7 Å². The zero-order chi connectivity index (χ0) is 15.6. The molecule has 2 unspecified atom stereocenters. The third-order valence-corrected chi connectivity index (χ3v) is 4.23. The van der Waals surface area contributed by atoms with E-state index in [0.717, 1.165) is 12.8 Å². The first-order valence-corrected chi connectivity index (χ1v) is 7.20. The van der Waals surface area contributed by atoms with E-state index in [1.807, 2.05) is 0 Å². The molecular formula is C15H21N3O3. The number of amides is 1. The summed E-state index contributed by atoms with van der Waals surface area (Å²) < 4.78 is 0. The first kappa shape index (κ1) is 15.3. The molecule has 2 rings (SSSR count). The summed E-state index contributed by atoms with van der Waals surface area (Å²) in [5.74, 6) is -0.669. The van der Waals surface area contributed by atoms with E-state index in [1.165, 1.54) is 0 Å². The van der Waals surface area contributed by atoms with Gasteiger partial charge in [-0.05, 0) is 37.3 Å². The van der Waals surface area contributed by atoms with Crippen molar-refractivity contribution in [2.45, 2.75) is 39.2 Å². The van der Waals surface area contributed by atoms with Gasteiger partial charge in [-0.25, -0.2) is 9.78 Å². The Balaban J connectivity index is 2.42. The number of pyridine rings is 1. The number of piperidine rings is 1. The molecule has 1 aromatic heterocycles. The predicted octanol–water partition coefficient (Wildman–Crippen LogP) is 1.57. The fraction of sp³-hybridized carbons (Fsp3) is 0.533. The van der Waals surface area contributed by atoms with Crippen molar-refractivity contribution < 1.29 is 14.7 Å². The summed E-state index contributed by atoms with van der Waals surface area (Å²) in [6, 6.07) is 1.05. The van der Waals surface area contributed by atoms with Crippen LogP contribution in [0, 0.1) is 12.8 Å². The fourth-order valence-electron chi connectivity index (χ4n) is 2.96. The maximum Gasteiger partial charge on any atom is 0.326 e. The fourth-order valence-corrected chi connectivity index (χ4v) is 2.96. The molecule has 6 nitrogen and oxygen atoms in total. The topological polar surface area (TPSA) is 96.5 Å². The molecule has 2 heterocycles. The molecule has 1 fully saturated rings. The minimum atomic E-state index is -0.883. The SMILES string of the molecule is CCC1CCN(c2nccc(C)c2C(N)=O)C(C(=O)O)C1. The Morgan fingerprint density at radius 3 is 2.81 bits per heavy atom. The van der Waals surface area contributed by atoms with E-state index in [4.69, 9.17) is 5.73 Å². The van der Waals surface area contributed by atoms with Crippen LogP contribution in [0.2, 0.25) is 0 Å². The summed E-state index contributed by atoms with van der Waals surface area (Å²) in [5.41, 5.74) is 6.48. The van der Waals surface area contributed by atoms with E-state index < -0.39 is 17.9 Å². The van der Waals surface area contributed by atoms with Gasteiger partial charge < -0.3 is 15.7 Å². The molecule has 1 aliphatic rings. The van der Waals surface area contributed by atoms with Gasteiger partial charge in [-0.1, -0.05) is 13.3 Å². The van der Waals surface area contributed by atoms with Crippen molar-refractivity contribution in [3.8, 4) is 0 Å². The number of nitrogens with two attached hydrogens (primary N) is 1. The summed E-state index contributed by atoms with van der Waals surface area (Å²) in [4.78, 5) is 29.2. The van der Waals surface area contributed by atoms with Gasteiger partial charge in [0.05, 0.1) is 5.56 Å². The minimum Gasteiger partial charge on any atom is -0.480 e. The lowest BCUT2D eigenvalue weighted by Crippen LogP contribution is -2.48. The Morgan fingerprint density at radius 1 is 1.52 bits per heavy atom. The summed E-state index contributed by atoms with van der Waals surface area (Å²) in [7, 11) is 0. The van der Waals surface area contributed by atoms with Crippen LogP contribution < -0.4 is 10.6 Å². The quantitative estimate of drug-likeness (QED) is 0.877. The van der Waals surface area contributed by atoms with Crippen LogP contribution >= 0.6 is 0 Å². The Labute approximate surface area is 124 Å². The molecule has 0 saturated carbocycles. The lowest BCUT2D eigenvalue weighted by atomic mass is 9.88. The molecule has 21 heavy (non-hydrogen) atoms. The number of carbonyl (C=O) groups is 2. The molecule has 1 aliphatic heterocycles. The van der Waals surface area contributed by atoms with Gasteiger partial charge in [0.1, 0.15) is 11.9 Å². The number of carboxylic acid groups (broad SMARTS) is 1. The van der Waals surface area contributed by atoms with Crippen molar-refractivity contribution in [2.75, 3.05) is 11.4 Å². The van der Waals surface area contributed by atoms with Gasteiger partial charge in [0.15, 0.2) is 0 Å². The molecule has 1 saturated heterocycles. The molecule has 0 radical (unpaired) electrons. The monoisotopic (exact) mass is 291 g/mol. The molecule has 0 aromatic carbocycles. The number of primary amides is 1. The third kappa shape index (κ3) is 2.99. The van der Waals surface area contributed by atoms with Crippen molar-refractivity contribution in [2.24, 2.45) is 11.7 Å². The molecule has 0 aliphatic carbocycles. The minimum absolute atomic E-state index is 0.318. The average molecular weight is 291 g/mol. The summed E-state index contributed by atoms with van der Waals surface area (Å²) in [5, 5.41) is 9.50. The second kappa shape index (κ2) is 6.11. The number of aliphatic carboxylic acids is 1. The highest BCUT2D eigenvalue weighted by molar-refractivity contribution is 5.99. The van der Waals surface area contributed by atoms with E-state index in [2.05, 4.69) is 11.9 Å². The molecule has 1 aromatic rings. The first-order chi connectivity index (χ1) is 9.95. The number of rotatable bonds is 4. The standard InChI is InChI=1S/C15H21N3O3/c1-3-10-5-7-18(11(8-10)15(20)21)14-12(13(16)19)9(2)4-6-17-14/h4,6,10-11H,3,5,7-8H2,1-2H3,(H2,16,19)(H,20,21). The summed E-state index contributed by atoms with van der Waals surface area (Å²) in [6.45, 7) is 4.42. The lowest BCUT2D eigenvalue weighted by Gasteiger charge is -2.38. The maximum atomic E-state index is 11.7. The van der Waals surface area contributed by atoms with Crippen molar-refractivity contribution in [3.05, 3.63) is 23.4 Å². The molecule has 1 amide bonds. The van der Waals surface area contributed by atoms with Crippen LogP contribution in [-0.2, 0) is 4.79 Å². The van der Waals surface area contributed by atoms with Gasteiger partial charge >= 0.3 is 5.97 Å². The Hall–Kier alpha value is -2.11. The molecule has 114 valence electrons. The smallest absolute Gasteiger partial charge is 0.326 e. The summed E-state index contributed by atoms with van der Waals surface area (Å²) >= 11 is 0. The third-order valence-electron chi connectivity index (χ3n) is 4.23. The molecular weight excluding hydrogens is 270 g/mol.